The lowest BCUT2D eigenvalue weighted by Crippen LogP contribution is -2.08. The molecule has 1 rings (SSSR count). The van der Waals surface area contributed by atoms with Crippen LogP contribution in [0.15, 0.2) is 35.4 Å². The highest BCUT2D eigenvalue weighted by Crippen LogP contribution is 2.05. The monoisotopic (exact) mass is 218 g/mol. The van der Waals surface area contributed by atoms with Gasteiger partial charge in [0.2, 0.25) is 0 Å². The van der Waals surface area contributed by atoms with Crippen molar-refractivity contribution in [1.82, 2.24) is 5.01 Å². The molecule has 0 atom stereocenters. The van der Waals surface area contributed by atoms with Crippen molar-refractivity contribution >= 4 is 11.5 Å². The molecule has 0 unspecified atom stereocenters. The summed E-state index contributed by atoms with van der Waals surface area (Å²) in [6.07, 6.45) is 1.24. The maximum atomic E-state index is 11.8. The Morgan fingerprint density at radius 1 is 1.19 bits per heavy atom. The Kier molecular flexibility index (Phi) is 4.70. The summed E-state index contributed by atoms with van der Waals surface area (Å²) >= 11 is 0. The fourth-order valence-corrected chi connectivity index (χ4v) is 1.45. The number of hydrogen-bond acceptors (Lipinski definition) is 3. The first-order valence-electron chi connectivity index (χ1n) is 5.39. The molecule has 3 heteroatoms. The highest BCUT2D eigenvalue weighted by Gasteiger charge is 2.05. The number of carbonyl (C=O) groups is 1. The normalized spacial score (nSPS) is 11.3. The molecule has 0 radical (unpaired) electrons. The third-order valence-corrected chi connectivity index (χ3v) is 2.18. The van der Waals surface area contributed by atoms with E-state index in [1.165, 1.54) is 0 Å². The summed E-state index contributed by atoms with van der Waals surface area (Å²) in [4.78, 5) is 11.8. The van der Waals surface area contributed by atoms with Crippen LogP contribution in [0.2, 0.25) is 0 Å². The van der Waals surface area contributed by atoms with Gasteiger partial charge in [0.05, 0.1) is 0 Å². The summed E-state index contributed by atoms with van der Waals surface area (Å²) in [7, 11) is 3.75. The van der Waals surface area contributed by atoms with E-state index in [1.54, 1.807) is 5.01 Å². The summed E-state index contributed by atoms with van der Waals surface area (Å²) in [5.41, 5.74) is 1.76. The number of ketones is 1. The Morgan fingerprint density at radius 3 is 2.38 bits per heavy atom. The molecule has 86 valence electrons. The van der Waals surface area contributed by atoms with Crippen molar-refractivity contribution in [2.24, 2.45) is 5.10 Å². The van der Waals surface area contributed by atoms with E-state index < -0.39 is 0 Å². The Labute approximate surface area is 96.8 Å². The van der Waals surface area contributed by atoms with Crippen LogP contribution in [0.1, 0.15) is 30.1 Å². The standard InChI is InChI=1S/C13H18N2O/c1-11(14-15(2)3)9-10-13(16)12-7-5-4-6-8-12/h4-8H,9-10H2,1-3H3/b14-11+. The van der Waals surface area contributed by atoms with E-state index in [0.717, 1.165) is 11.3 Å². The van der Waals surface area contributed by atoms with Crippen molar-refractivity contribution in [3.05, 3.63) is 35.9 Å². The van der Waals surface area contributed by atoms with Gasteiger partial charge in [0.15, 0.2) is 5.78 Å². The third-order valence-electron chi connectivity index (χ3n) is 2.18. The van der Waals surface area contributed by atoms with Crippen molar-refractivity contribution in [3.63, 3.8) is 0 Å². The molecule has 0 fully saturated rings. The number of nitrogens with zero attached hydrogens (tertiary/aromatic N) is 2. The summed E-state index contributed by atoms with van der Waals surface area (Å²) in [6, 6.07) is 9.37. The zero-order valence-electron chi connectivity index (χ0n) is 10.1. The number of Topliss-reactive ketones (excluding diaryl/α,β-unsaturated/α-hetero) is 1. The molecule has 0 aliphatic heterocycles. The molecule has 0 heterocycles. The van der Waals surface area contributed by atoms with E-state index in [9.17, 15) is 4.79 Å². The van der Waals surface area contributed by atoms with Gasteiger partial charge in [-0.25, -0.2) is 0 Å². The van der Waals surface area contributed by atoms with Crippen molar-refractivity contribution in [3.8, 4) is 0 Å². The molecule has 1 aromatic rings. The van der Waals surface area contributed by atoms with Gasteiger partial charge in [-0.3, -0.25) is 4.79 Å². The Morgan fingerprint density at radius 2 is 1.81 bits per heavy atom. The molecule has 0 spiro atoms. The predicted molar refractivity (Wildman–Crippen MR) is 66.8 cm³/mol. The minimum absolute atomic E-state index is 0.175. The molecule has 0 aliphatic carbocycles. The summed E-state index contributed by atoms with van der Waals surface area (Å²) in [5, 5.41) is 5.99. The van der Waals surface area contributed by atoms with Crippen LogP contribution in [0.25, 0.3) is 0 Å². The minimum Gasteiger partial charge on any atom is -0.303 e. The second-order valence-electron chi connectivity index (χ2n) is 3.97. The van der Waals surface area contributed by atoms with Crippen LogP contribution in [0.4, 0.5) is 0 Å². The largest absolute Gasteiger partial charge is 0.303 e. The second-order valence-corrected chi connectivity index (χ2v) is 3.97. The number of benzene rings is 1. The molecule has 1 aromatic carbocycles. The number of hydrazone groups is 1. The molecule has 0 saturated heterocycles. The van der Waals surface area contributed by atoms with Crippen LogP contribution in [-0.2, 0) is 0 Å². The summed E-state index contributed by atoms with van der Waals surface area (Å²) in [5.74, 6) is 0.175. The smallest absolute Gasteiger partial charge is 0.163 e. The fraction of sp³-hybridized carbons (Fsp3) is 0.385. The molecule has 3 nitrogen and oxygen atoms in total. The Bertz CT molecular complexity index is 369. The molecule has 0 saturated carbocycles. The lowest BCUT2D eigenvalue weighted by atomic mass is 10.1. The van der Waals surface area contributed by atoms with Crippen molar-refractivity contribution in [2.75, 3.05) is 14.1 Å². The fourth-order valence-electron chi connectivity index (χ4n) is 1.45. The predicted octanol–water partition coefficient (Wildman–Crippen LogP) is 2.59. The Hall–Kier alpha value is -1.64. The van der Waals surface area contributed by atoms with E-state index in [-0.39, 0.29) is 5.78 Å². The van der Waals surface area contributed by atoms with Crippen LogP contribution in [-0.4, -0.2) is 30.6 Å². The third kappa shape index (κ3) is 4.26. The van der Waals surface area contributed by atoms with Gasteiger partial charge in [-0.15, -0.1) is 0 Å². The average molecular weight is 218 g/mol. The lowest BCUT2D eigenvalue weighted by molar-refractivity contribution is 0.0984. The first-order chi connectivity index (χ1) is 7.59. The van der Waals surface area contributed by atoms with Crippen LogP contribution < -0.4 is 0 Å². The lowest BCUT2D eigenvalue weighted by Gasteiger charge is -2.06. The topological polar surface area (TPSA) is 32.7 Å². The van der Waals surface area contributed by atoms with Crippen molar-refractivity contribution in [2.45, 2.75) is 19.8 Å². The van der Waals surface area contributed by atoms with Gasteiger partial charge in [0, 0.05) is 31.8 Å². The zero-order valence-corrected chi connectivity index (χ0v) is 10.1. The average Bonchev–Trinajstić information content (AvgIpc) is 2.26. The van der Waals surface area contributed by atoms with E-state index in [2.05, 4.69) is 5.10 Å². The molecule has 0 N–H and O–H groups in total. The molecule has 0 aromatic heterocycles. The molecule has 16 heavy (non-hydrogen) atoms. The van der Waals surface area contributed by atoms with Crippen LogP contribution >= 0.6 is 0 Å². The van der Waals surface area contributed by atoms with Gasteiger partial charge in [0.25, 0.3) is 0 Å². The highest BCUT2D eigenvalue weighted by molar-refractivity contribution is 5.98. The van der Waals surface area contributed by atoms with E-state index >= 15 is 0 Å². The van der Waals surface area contributed by atoms with Gasteiger partial charge < -0.3 is 5.01 Å². The van der Waals surface area contributed by atoms with E-state index in [1.807, 2.05) is 51.4 Å². The van der Waals surface area contributed by atoms with E-state index in [0.29, 0.717) is 12.8 Å². The van der Waals surface area contributed by atoms with Crippen molar-refractivity contribution in [1.29, 1.82) is 0 Å². The molecule has 0 aliphatic rings. The number of hydrogen-bond donors (Lipinski definition) is 0. The van der Waals surface area contributed by atoms with E-state index in [4.69, 9.17) is 0 Å². The molecular weight excluding hydrogens is 200 g/mol. The highest BCUT2D eigenvalue weighted by atomic mass is 16.1. The van der Waals surface area contributed by atoms with Gasteiger partial charge in [-0.1, -0.05) is 30.3 Å². The van der Waals surface area contributed by atoms with Crippen LogP contribution in [0.5, 0.6) is 0 Å². The van der Waals surface area contributed by atoms with Gasteiger partial charge in [-0.2, -0.15) is 5.10 Å². The van der Waals surface area contributed by atoms with Gasteiger partial charge >= 0.3 is 0 Å². The minimum atomic E-state index is 0.175. The SMILES string of the molecule is C/C(CCC(=O)c1ccccc1)=N\N(C)C. The molecule has 0 bridgehead atoms. The van der Waals surface area contributed by atoms with Gasteiger partial charge in [0.1, 0.15) is 0 Å². The first-order valence-corrected chi connectivity index (χ1v) is 5.39. The van der Waals surface area contributed by atoms with Crippen LogP contribution in [0.3, 0.4) is 0 Å². The second kappa shape index (κ2) is 6.05. The van der Waals surface area contributed by atoms with Gasteiger partial charge in [-0.05, 0) is 13.3 Å². The first kappa shape index (κ1) is 12.4. The Balaban J connectivity index is 2.48. The van der Waals surface area contributed by atoms with Crippen LogP contribution in [0, 0.1) is 0 Å². The molecular formula is C13H18N2O. The molecule has 0 amide bonds. The van der Waals surface area contributed by atoms with Crippen molar-refractivity contribution < 1.29 is 4.79 Å². The number of rotatable bonds is 5. The maximum Gasteiger partial charge on any atom is 0.163 e. The summed E-state index contributed by atoms with van der Waals surface area (Å²) < 4.78 is 0. The maximum absolute atomic E-state index is 11.8. The zero-order chi connectivity index (χ0) is 12.0. The quantitative estimate of drug-likeness (QED) is 0.432. The number of carbonyl (C=O) groups excluding carboxylic acids is 1. The summed E-state index contributed by atoms with van der Waals surface area (Å²) in [6.45, 7) is 1.94.